The van der Waals surface area contributed by atoms with Gasteiger partial charge in [0.25, 0.3) is 0 Å². The van der Waals surface area contributed by atoms with E-state index in [9.17, 15) is 14.7 Å². The van der Waals surface area contributed by atoms with Crippen LogP contribution in [0.4, 0.5) is 4.79 Å². The van der Waals surface area contributed by atoms with Gasteiger partial charge in [0.1, 0.15) is 20.5 Å². The van der Waals surface area contributed by atoms with Crippen molar-refractivity contribution < 1.29 is 19.1 Å². The number of benzene rings is 1. The molecule has 1 aromatic rings. The highest BCUT2D eigenvalue weighted by atomic mass is 28.4. The number of hydrogen-bond acceptors (Lipinski definition) is 3. The lowest BCUT2D eigenvalue weighted by molar-refractivity contribution is -0.115. The molecule has 1 rings (SSSR count). The topological polar surface area (TPSA) is 75.6 Å². The van der Waals surface area contributed by atoms with Crippen molar-refractivity contribution in [2.75, 3.05) is 0 Å². The molecule has 0 aliphatic heterocycles. The van der Waals surface area contributed by atoms with Gasteiger partial charge in [-0.1, -0.05) is 58.5 Å². The Hall–Kier alpha value is -1.89. The quantitative estimate of drug-likeness (QED) is 0.372. The molecule has 0 bridgehead atoms. The third-order valence-corrected chi connectivity index (χ3v) is 10.4. The first-order chi connectivity index (χ1) is 13.1. The summed E-state index contributed by atoms with van der Waals surface area (Å²) in [6.45, 7) is 16.9. The molecule has 0 saturated carbocycles. The average Bonchev–Trinajstić information content (AvgIpc) is 2.55. The van der Waals surface area contributed by atoms with Crippen molar-refractivity contribution in [3.63, 3.8) is 0 Å². The zero-order valence-corrected chi connectivity index (χ0v) is 20.9. The molecule has 0 aliphatic carbocycles. The Kier molecular flexibility index (Phi) is 8.45. The summed E-state index contributed by atoms with van der Waals surface area (Å²) < 4.78 is 6.23. The monoisotopic (exact) mass is 433 g/mol. The molecule has 5 nitrogen and oxygen atoms in total. The number of amides is 1. The lowest BCUT2D eigenvalue weighted by Crippen LogP contribution is -2.53. The SMILES string of the molecule is CC(C)(C)[Si](C)(C)O[C@H](C=O)C(Cc1cccc(C#C[Si](C)(C)C)c1)NC(=O)O. The third-order valence-electron chi connectivity index (χ3n) is 5.04. The van der Waals surface area contributed by atoms with Crippen LogP contribution in [0.2, 0.25) is 37.8 Å². The summed E-state index contributed by atoms with van der Waals surface area (Å²) in [5.74, 6) is 3.22. The van der Waals surface area contributed by atoms with Crippen LogP contribution in [0.5, 0.6) is 0 Å². The van der Waals surface area contributed by atoms with Crippen molar-refractivity contribution in [1.82, 2.24) is 5.32 Å². The summed E-state index contributed by atoms with van der Waals surface area (Å²) in [4.78, 5) is 23.2. The second-order valence-corrected chi connectivity index (χ2v) is 19.4. The van der Waals surface area contributed by atoms with E-state index in [1.54, 1.807) is 0 Å². The summed E-state index contributed by atoms with van der Waals surface area (Å²) in [6, 6.07) is 7.06. The highest BCUT2D eigenvalue weighted by Gasteiger charge is 2.41. The van der Waals surface area contributed by atoms with Crippen LogP contribution in [0.3, 0.4) is 0 Å². The highest BCUT2D eigenvalue weighted by molar-refractivity contribution is 6.83. The molecule has 1 amide bonds. The minimum Gasteiger partial charge on any atom is -0.465 e. The zero-order chi connectivity index (χ0) is 22.5. The fraction of sp³-hybridized carbons (Fsp3) is 0.545. The molecule has 2 atom stereocenters. The number of rotatable bonds is 7. The first-order valence-corrected chi connectivity index (χ1v) is 16.3. The van der Waals surface area contributed by atoms with Gasteiger partial charge in [-0.15, -0.1) is 5.54 Å². The maximum atomic E-state index is 11.8. The van der Waals surface area contributed by atoms with Crippen molar-refractivity contribution in [3.8, 4) is 11.5 Å². The van der Waals surface area contributed by atoms with Crippen molar-refractivity contribution in [2.24, 2.45) is 0 Å². The molecule has 1 aromatic carbocycles. The molecule has 0 saturated heterocycles. The van der Waals surface area contributed by atoms with Crippen LogP contribution in [0, 0.1) is 11.5 Å². The zero-order valence-electron chi connectivity index (χ0n) is 18.9. The number of carbonyl (C=O) groups is 2. The Labute approximate surface area is 177 Å². The minimum atomic E-state index is -2.25. The third kappa shape index (κ3) is 8.56. The van der Waals surface area contributed by atoms with Gasteiger partial charge in [0.2, 0.25) is 0 Å². The van der Waals surface area contributed by atoms with E-state index < -0.39 is 34.6 Å². The summed E-state index contributed by atoms with van der Waals surface area (Å²) in [7, 11) is -3.74. The van der Waals surface area contributed by atoms with E-state index in [2.05, 4.69) is 57.2 Å². The maximum absolute atomic E-state index is 11.8. The van der Waals surface area contributed by atoms with Gasteiger partial charge in [-0.3, -0.25) is 0 Å². The number of aldehydes is 1. The largest absolute Gasteiger partial charge is 0.465 e. The van der Waals surface area contributed by atoms with Gasteiger partial charge >= 0.3 is 6.09 Å². The predicted octanol–water partition coefficient (Wildman–Crippen LogP) is 4.68. The van der Waals surface area contributed by atoms with E-state index in [1.807, 2.05) is 37.4 Å². The van der Waals surface area contributed by atoms with Gasteiger partial charge in [0, 0.05) is 5.56 Å². The highest BCUT2D eigenvalue weighted by Crippen LogP contribution is 2.37. The number of carboxylic acid groups (broad SMARTS) is 1. The van der Waals surface area contributed by atoms with Crippen molar-refractivity contribution in [2.45, 2.75) is 77.1 Å². The minimum absolute atomic E-state index is 0.0889. The number of nitrogens with one attached hydrogen (secondary N) is 1. The number of carbonyl (C=O) groups excluding carboxylic acids is 1. The van der Waals surface area contributed by atoms with Crippen molar-refractivity contribution in [1.29, 1.82) is 0 Å². The molecule has 0 fully saturated rings. The van der Waals surface area contributed by atoms with E-state index in [0.29, 0.717) is 6.42 Å². The molecular weight excluding hydrogens is 398 g/mol. The molecule has 2 N–H and O–H groups in total. The van der Waals surface area contributed by atoms with E-state index >= 15 is 0 Å². The van der Waals surface area contributed by atoms with Crippen molar-refractivity contribution in [3.05, 3.63) is 35.4 Å². The van der Waals surface area contributed by atoms with Gasteiger partial charge in [-0.25, -0.2) is 4.79 Å². The van der Waals surface area contributed by atoms with E-state index in [0.717, 1.165) is 17.4 Å². The Balaban J connectivity index is 3.14. The van der Waals surface area contributed by atoms with Gasteiger partial charge in [0.05, 0.1) is 6.04 Å². The Morgan fingerprint density at radius 3 is 2.34 bits per heavy atom. The second kappa shape index (κ2) is 9.74. The molecule has 0 spiro atoms. The number of hydrogen-bond donors (Lipinski definition) is 2. The molecule has 1 unspecified atom stereocenters. The van der Waals surface area contributed by atoms with Crippen molar-refractivity contribution >= 4 is 28.8 Å². The lowest BCUT2D eigenvalue weighted by Gasteiger charge is -2.39. The van der Waals surface area contributed by atoms with Crippen LogP contribution in [0.25, 0.3) is 0 Å². The smallest absolute Gasteiger partial charge is 0.404 e. The average molecular weight is 434 g/mol. The molecule has 0 radical (unpaired) electrons. The first kappa shape index (κ1) is 25.2. The van der Waals surface area contributed by atoms with E-state index in [1.165, 1.54) is 0 Å². The van der Waals surface area contributed by atoms with E-state index in [-0.39, 0.29) is 5.04 Å². The summed E-state index contributed by atoms with van der Waals surface area (Å²) in [5, 5.41) is 11.7. The predicted molar refractivity (Wildman–Crippen MR) is 123 cm³/mol. The Morgan fingerprint density at radius 1 is 1.24 bits per heavy atom. The van der Waals surface area contributed by atoms with Gasteiger partial charge in [-0.2, -0.15) is 0 Å². The van der Waals surface area contributed by atoms with Crippen LogP contribution in [-0.4, -0.2) is 46.0 Å². The first-order valence-electron chi connectivity index (χ1n) is 9.89. The summed E-state index contributed by atoms with van der Waals surface area (Å²) in [5.41, 5.74) is 5.15. The molecule has 0 aliphatic rings. The summed E-state index contributed by atoms with van der Waals surface area (Å²) >= 11 is 0. The molecular formula is C22H35NO4Si2. The van der Waals surface area contributed by atoms with Crippen LogP contribution in [0.15, 0.2) is 24.3 Å². The Morgan fingerprint density at radius 2 is 1.86 bits per heavy atom. The standard InChI is InChI=1S/C22H35NO4Si2/c1-22(2,3)29(7,8)27-20(16-24)19(23-21(25)26)15-18-11-9-10-17(14-18)12-13-28(4,5)6/h9-11,14,16,19-20,23H,15H2,1-8H3,(H,25,26)/t19?,20-/m1/s1. The fourth-order valence-electron chi connectivity index (χ4n) is 2.42. The molecule has 7 heteroatoms. The molecule has 160 valence electrons. The molecule has 29 heavy (non-hydrogen) atoms. The summed E-state index contributed by atoms with van der Waals surface area (Å²) in [6.07, 6.45) is -0.943. The van der Waals surface area contributed by atoms with Gasteiger partial charge in [0.15, 0.2) is 8.32 Å². The van der Waals surface area contributed by atoms with Gasteiger partial charge < -0.3 is 19.6 Å². The van der Waals surface area contributed by atoms with E-state index in [4.69, 9.17) is 4.43 Å². The van der Waals surface area contributed by atoms with Crippen LogP contribution >= 0.6 is 0 Å². The lowest BCUT2D eigenvalue weighted by atomic mass is 10.0. The van der Waals surface area contributed by atoms with Gasteiger partial charge in [-0.05, 0) is 42.2 Å². The van der Waals surface area contributed by atoms with Crippen LogP contribution < -0.4 is 5.32 Å². The molecule has 0 heterocycles. The Bertz CT molecular complexity index is 782. The van der Waals surface area contributed by atoms with Crippen LogP contribution in [-0.2, 0) is 15.6 Å². The maximum Gasteiger partial charge on any atom is 0.404 e. The second-order valence-electron chi connectivity index (χ2n) is 9.94. The van der Waals surface area contributed by atoms with Crippen LogP contribution in [0.1, 0.15) is 31.9 Å². The molecule has 0 aromatic heterocycles. The normalized spacial score (nSPS) is 14.3. The fourth-order valence-corrected chi connectivity index (χ4v) is 4.19.